The molecule has 0 unspecified atom stereocenters. The van der Waals surface area contributed by atoms with Crippen LogP contribution in [-0.4, -0.2) is 0 Å². The molecule has 1 radical (unpaired) electrons. The fraction of sp³-hybridized carbons (Fsp3) is 0.571. The van der Waals surface area contributed by atoms with Crippen LogP contribution in [0.5, 0.6) is 0 Å². The van der Waals surface area contributed by atoms with Gasteiger partial charge in [0.2, 0.25) is 0 Å². The maximum Gasteiger partial charge on any atom is -0.0126 e. The second-order valence-electron chi connectivity index (χ2n) is 5.99. The van der Waals surface area contributed by atoms with Gasteiger partial charge >= 0.3 is 0 Å². The van der Waals surface area contributed by atoms with Crippen LogP contribution in [0.25, 0.3) is 0 Å². The molecule has 0 heteroatoms. The van der Waals surface area contributed by atoms with Gasteiger partial charge in [0.15, 0.2) is 0 Å². The first-order valence-electron chi connectivity index (χ1n) is 5.24. The molecule has 0 saturated heterocycles. The maximum absolute atomic E-state index is 3.38. The normalized spacial score (nSPS) is 13.0. The summed E-state index contributed by atoms with van der Waals surface area (Å²) < 4.78 is 0. The predicted octanol–water partition coefficient (Wildman–Crippen LogP) is 4.08. The molecule has 0 saturated carbocycles. The third-order valence-corrected chi connectivity index (χ3v) is 2.49. The lowest BCUT2D eigenvalue weighted by Gasteiger charge is -2.22. The first-order valence-corrected chi connectivity index (χ1v) is 5.24. The minimum Gasteiger partial charge on any atom is -0.0582 e. The van der Waals surface area contributed by atoms with E-state index in [2.05, 4.69) is 65.8 Å². The van der Waals surface area contributed by atoms with Crippen molar-refractivity contribution in [2.24, 2.45) is 0 Å². The SMILES string of the molecule is CC(C)(C)c1[c]cc(C(C)(C)C)cc1. The van der Waals surface area contributed by atoms with Crippen molar-refractivity contribution in [3.63, 3.8) is 0 Å². The van der Waals surface area contributed by atoms with Crippen LogP contribution in [0.2, 0.25) is 0 Å². The molecular formula is C14H21. The van der Waals surface area contributed by atoms with Crippen LogP contribution in [0.1, 0.15) is 52.7 Å². The summed E-state index contributed by atoms with van der Waals surface area (Å²) in [4.78, 5) is 0. The smallest absolute Gasteiger partial charge is 0.0126 e. The zero-order valence-electron chi connectivity index (χ0n) is 10.2. The molecule has 0 aromatic heterocycles. The second kappa shape index (κ2) is 3.42. The molecule has 0 aliphatic heterocycles. The molecular weight excluding hydrogens is 168 g/mol. The Kier molecular flexibility index (Phi) is 2.76. The van der Waals surface area contributed by atoms with Crippen LogP contribution in [0.3, 0.4) is 0 Å². The lowest BCUT2D eigenvalue weighted by molar-refractivity contribution is 0.576. The average Bonchev–Trinajstić information content (AvgIpc) is 2.01. The van der Waals surface area contributed by atoms with Gasteiger partial charge in [-0.3, -0.25) is 0 Å². The number of rotatable bonds is 0. The summed E-state index contributed by atoms with van der Waals surface area (Å²) in [5.74, 6) is 0. The fourth-order valence-electron chi connectivity index (χ4n) is 1.36. The number of hydrogen-bond acceptors (Lipinski definition) is 0. The molecule has 1 aromatic carbocycles. The van der Waals surface area contributed by atoms with Crippen molar-refractivity contribution in [3.05, 3.63) is 35.4 Å². The van der Waals surface area contributed by atoms with Crippen molar-refractivity contribution < 1.29 is 0 Å². The lowest BCUT2D eigenvalue weighted by atomic mass is 9.82. The maximum atomic E-state index is 3.38. The van der Waals surface area contributed by atoms with Crippen LogP contribution in [0.15, 0.2) is 18.2 Å². The molecule has 0 aliphatic rings. The first kappa shape index (κ1) is 11.3. The van der Waals surface area contributed by atoms with E-state index < -0.39 is 0 Å². The second-order valence-corrected chi connectivity index (χ2v) is 5.99. The first-order chi connectivity index (χ1) is 6.21. The Bertz CT molecular complexity index is 257. The van der Waals surface area contributed by atoms with Crippen LogP contribution >= 0.6 is 0 Å². The Morgan fingerprint density at radius 2 is 1.43 bits per heavy atom. The Morgan fingerprint density at radius 1 is 0.857 bits per heavy atom. The number of hydrogen-bond donors (Lipinski definition) is 0. The highest BCUT2D eigenvalue weighted by Gasteiger charge is 2.16. The average molecular weight is 189 g/mol. The van der Waals surface area contributed by atoms with E-state index in [0.717, 1.165) is 0 Å². The highest BCUT2D eigenvalue weighted by molar-refractivity contribution is 5.29. The Morgan fingerprint density at radius 3 is 1.71 bits per heavy atom. The van der Waals surface area contributed by atoms with Gasteiger partial charge in [0.1, 0.15) is 0 Å². The minimum absolute atomic E-state index is 0.205. The summed E-state index contributed by atoms with van der Waals surface area (Å²) in [6.07, 6.45) is 0. The molecule has 77 valence electrons. The van der Waals surface area contributed by atoms with Gasteiger partial charge in [-0.15, -0.1) is 0 Å². The van der Waals surface area contributed by atoms with Gasteiger partial charge < -0.3 is 0 Å². The molecule has 0 amide bonds. The third kappa shape index (κ3) is 2.60. The van der Waals surface area contributed by atoms with Gasteiger partial charge in [0.05, 0.1) is 0 Å². The quantitative estimate of drug-likeness (QED) is 0.577. The largest absolute Gasteiger partial charge is 0.0582 e. The van der Waals surface area contributed by atoms with Gasteiger partial charge in [-0.25, -0.2) is 0 Å². The molecule has 0 fully saturated rings. The van der Waals surface area contributed by atoms with Gasteiger partial charge in [0, 0.05) is 0 Å². The molecule has 1 aromatic rings. The minimum atomic E-state index is 0.205. The standard InChI is InChI=1S/C14H21/c1-13(2,3)11-7-9-12(10-8-11)14(4,5)6/h7-9H,1-6H3. The van der Waals surface area contributed by atoms with Crippen LogP contribution in [-0.2, 0) is 10.8 Å². The zero-order chi connectivity index (χ0) is 11.0. The Balaban J connectivity index is 3.02. The van der Waals surface area contributed by atoms with Crippen LogP contribution in [0, 0.1) is 6.07 Å². The predicted molar refractivity (Wildman–Crippen MR) is 62.7 cm³/mol. The lowest BCUT2D eigenvalue weighted by Crippen LogP contribution is -2.14. The molecule has 0 atom stereocenters. The van der Waals surface area contributed by atoms with E-state index in [-0.39, 0.29) is 10.8 Å². The monoisotopic (exact) mass is 189 g/mol. The zero-order valence-corrected chi connectivity index (χ0v) is 10.2. The van der Waals surface area contributed by atoms with E-state index in [1.54, 1.807) is 0 Å². The van der Waals surface area contributed by atoms with E-state index in [0.29, 0.717) is 0 Å². The fourth-order valence-corrected chi connectivity index (χ4v) is 1.36. The molecule has 0 bridgehead atoms. The van der Waals surface area contributed by atoms with Crippen molar-refractivity contribution in [2.75, 3.05) is 0 Å². The van der Waals surface area contributed by atoms with E-state index >= 15 is 0 Å². The van der Waals surface area contributed by atoms with Crippen molar-refractivity contribution in [2.45, 2.75) is 52.4 Å². The van der Waals surface area contributed by atoms with E-state index in [4.69, 9.17) is 0 Å². The van der Waals surface area contributed by atoms with Crippen molar-refractivity contribution in [1.82, 2.24) is 0 Å². The van der Waals surface area contributed by atoms with E-state index in [9.17, 15) is 0 Å². The van der Waals surface area contributed by atoms with Gasteiger partial charge in [-0.2, -0.15) is 0 Å². The Hall–Kier alpha value is -0.780. The Labute approximate surface area is 88.4 Å². The van der Waals surface area contributed by atoms with Gasteiger partial charge in [-0.05, 0) is 28.0 Å². The van der Waals surface area contributed by atoms with Gasteiger partial charge in [-0.1, -0.05) is 59.7 Å². The summed E-state index contributed by atoms with van der Waals surface area (Å²) in [6.45, 7) is 13.3. The van der Waals surface area contributed by atoms with Crippen LogP contribution < -0.4 is 0 Å². The summed E-state index contributed by atoms with van der Waals surface area (Å²) in [5, 5.41) is 0. The summed E-state index contributed by atoms with van der Waals surface area (Å²) >= 11 is 0. The van der Waals surface area contributed by atoms with Crippen molar-refractivity contribution >= 4 is 0 Å². The van der Waals surface area contributed by atoms with Crippen molar-refractivity contribution in [1.29, 1.82) is 0 Å². The molecule has 0 spiro atoms. The van der Waals surface area contributed by atoms with Gasteiger partial charge in [0.25, 0.3) is 0 Å². The molecule has 0 N–H and O–H groups in total. The molecule has 0 nitrogen and oxygen atoms in total. The summed E-state index contributed by atoms with van der Waals surface area (Å²) in [5.41, 5.74) is 3.07. The van der Waals surface area contributed by atoms with E-state index in [1.165, 1.54) is 11.1 Å². The third-order valence-electron chi connectivity index (χ3n) is 2.49. The highest BCUT2D eigenvalue weighted by Crippen LogP contribution is 2.26. The number of benzene rings is 1. The molecule has 14 heavy (non-hydrogen) atoms. The topological polar surface area (TPSA) is 0 Å². The van der Waals surface area contributed by atoms with E-state index in [1.807, 2.05) is 0 Å². The van der Waals surface area contributed by atoms with Crippen LogP contribution in [0.4, 0.5) is 0 Å². The molecule has 1 rings (SSSR count). The molecule has 0 aliphatic carbocycles. The molecule has 0 heterocycles. The summed E-state index contributed by atoms with van der Waals surface area (Å²) in [7, 11) is 0. The summed E-state index contributed by atoms with van der Waals surface area (Å²) in [6, 6.07) is 9.92. The highest BCUT2D eigenvalue weighted by atomic mass is 14.2. The van der Waals surface area contributed by atoms with Crippen molar-refractivity contribution in [3.8, 4) is 0 Å².